The number of amides is 3. The molecule has 29 heavy (non-hydrogen) atoms. The number of hydrogen-bond donors (Lipinski definition) is 0. The first-order valence-corrected chi connectivity index (χ1v) is 9.87. The zero-order valence-electron chi connectivity index (χ0n) is 15.5. The zero-order valence-corrected chi connectivity index (χ0v) is 16.3. The Kier molecular flexibility index (Phi) is 5.32. The van der Waals surface area contributed by atoms with Crippen LogP contribution in [0.25, 0.3) is 0 Å². The summed E-state index contributed by atoms with van der Waals surface area (Å²) < 4.78 is 40.1. The average molecular weight is 419 g/mol. The Labute approximate surface area is 169 Å². The molecule has 1 unspecified atom stereocenters. The van der Waals surface area contributed by atoms with Crippen molar-refractivity contribution < 1.29 is 22.8 Å². The molecule has 1 aliphatic rings. The number of rotatable bonds is 4. The van der Waals surface area contributed by atoms with E-state index >= 15 is 0 Å². The molecule has 0 N–H and O–H groups in total. The summed E-state index contributed by atoms with van der Waals surface area (Å²) in [5.41, 5.74) is -2.81. The number of urea groups is 1. The fourth-order valence-electron chi connectivity index (χ4n) is 3.32. The molecule has 1 atom stereocenters. The van der Waals surface area contributed by atoms with Crippen molar-refractivity contribution in [1.82, 2.24) is 4.90 Å². The maximum Gasteiger partial charge on any atom is 0.417 e. The second kappa shape index (κ2) is 7.44. The van der Waals surface area contributed by atoms with Crippen LogP contribution in [0.4, 0.5) is 23.7 Å². The number of imide groups is 1. The summed E-state index contributed by atoms with van der Waals surface area (Å²) in [6.45, 7) is 1.58. The Morgan fingerprint density at radius 3 is 2.34 bits per heavy atom. The van der Waals surface area contributed by atoms with E-state index in [2.05, 4.69) is 0 Å². The lowest BCUT2D eigenvalue weighted by molar-refractivity contribution is -0.137. The Morgan fingerprint density at radius 2 is 1.79 bits per heavy atom. The molecule has 5 nitrogen and oxygen atoms in total. The minimum Gasteiger partial charge on any atom is -0.296 e. The summed E-state index contributed by atoms with van der Waals surface area (Å²) in [6.07, 6.45) is -3.04. The van der Waals surface area contributed by atoms with Gasteiger partial charge in [0.15, 0.2) is 0 Å². The van der Waals surface area contributed by atoms with Crippen LogP contribution in [0.3, 0.4) is 0 Å². The van der Waals surface area contributed by atoms with E-state index in [0.717, 1.165) is 11.0 Å². The van der Waals surface area contributed by atoms with Crippen LogP contribution in [-0.2, 0) is 16.5 Å². The van der Waals surface area contributed by atoms with Gasteiger partial charge >= 0.3 is 12.2 Å². The SMILES string of the molecule is CSCN1C(=O)N(c2ccc(C#N)c(C(F)(F)F)c2)C(=O)C1(C)c1ccccc1. The van der Waals surface area contributed by atoms with Gasteiger partial charge in [0.25, 0.3) is 5.91 Å². The minimum absolute atomic E-state index is 0.175. The van der Waals surface area contributed by atoms with Crippen molar-refractivity contribution in [2.45, 2.75) is 18.6 Å². The monoisotopic (exact) mass is 419 g/mol. The molecule has 1 aliphatic heterocycles. The number of nitriles is 1. The quantitative estimate of drug-likeness (QED) is 0.681. The summed E-state index contributed by atoms with van der Waals surface area (Å²) in [6, 6.07) is 12.2. The van der Waals surface area contributed by atoms with Crippen molar-refractivity contribution >= 4 is 29.4 Å². The third-order valence-electron chi connectivity index (χ3n) is 4.86. The molecule has 150 valence electrons. The number of halogens is 3. The molecule has 2 aromatic rings. The van der Waals surface area contributed by atoms with Crippen molar-refractivity contribution in [3.8, 4) is 6.07 Å². The first-order chi connectivity index (χ1) is 13.7. The second-order valence-corrected chi connectivity index (χ2v) is 7.38. The Hall–Kier alpha value is -2.99. The van der Waals surface area contributed by atoms with Crippen molar-refractivity contribution in [2.75, 3.05) is 17.0 Å². The van der Waals surface area contributed by atoms with E-state index in [4.69, 9.17) is 5.26 Å². The van der Waals surface area contributed by atoms with Crippen molar-refractivity contribution in [3.05, 3.63) is 65.2 Å². The summed E-state index contributed by atoms with van der Waals surface area (Å²) >= 11 is 1.32. The van der Waals surface area contributed by atoms with Gasteiger partial charge in [-0.1, -0.05) is 30.3 Å². The van der Waals surface area contributed by atoms with E-state index in [1.54, 1.807) is 43.5 Å². The third-order valence-corrected chi connectivity index (χ3v) is 5.38. The summed E-state index contributed by atoms with van der Waals surface area (Å²) in [4.78, 5) is 28.5. The highest BCUT2D eigenvalue weighted by Gasteiger charge is 2.55. The average Bonchev–Trinajstić information content (AvgIpc) is 2.89. The third kappa shape index (κ3) is 3.34. The molecule has 3 rings (SSSR count). The standard InChI is InChI=1S/C20H16F3N3O2S/c1-19(14-6-4-3-5-7-14)17(27)26(18(28)25(19)12-29-2)15-9-8-13(11-24)16(10-15)20(21,22)23/h3-10H,12H2,1-2H3. The first-order valence-electron chi connectivity index (χ1n) is 8.48. The van der Waals surface area contributed by atoms with Crippen LogP contribution in [-0.4, -0.2) is 29.0 Å². The number of carbonyl (C=O) groups excluding carboxylic acids is 2. The smallest absolute Gasteiger partial charge is 0.296 e. The van der Waals surface area contributed by atoms with Crippen LogP contribution >= 0.6 is 11.8 Å². The number of anilines is 1. The molecule has 2 aromatic carbocycles. The van der Waals surface area contributed by atoms with Gasteiger partial charge in [-0.2, -0.15) is 18.4 Å². The van der Waals surface area contributed by atoms with Crippen LogP contribution in [0.15, 0.2) is 48.5 Å². The van der Waals surface area contributed by atoms with Crippen LogP contribution in [0, 0.1) is 11.3 Å². The predicted octanol–water partition coefficient (Wildman–Crippen LogP) is 4.58. The van der Waals surface area contributed by atoms with Crippen molar-refractivity contribution in [3.63, 3.8) is 0 Å². The molecule has 0 spiro atoms. The fraction of sp³-hybridized carbons (Fsp3) is 0.250. The number of carbonyl (C=O) groups is 2. The lowest BCUT2D eigenvalue weighted by Gasteiger charge is -2.31. The number of benzene rings is 2. The zero-order chi connectivity index (χ0) is 21.4. The van der Waals surface area contributed by atoms with E-state index in [0.29, 0.717) is 11.6 Å². The lowest BCUT2D eigenvalue weighted by Crippen LogP contribution is -2.44. The van der Waals surface area contributed by atoms with Gasteiger partial charge in [-0.05, 0) is 36.9 Å². The van der Waals surface area contributed by atoms with Gasteiger partial charge in [-0.25, -0.2) is 9.69 Å². The largest absolute Gasteiger partial charge is 0.417 e. The summed E-state index contributed by atoms with van der Waals surface area (Å²) in [5, 5.41) is 8.98. The molecular weight excluding hydrogens is 403 g/mol. The van der Waals surface area contributed by atoms with E-state index in [1.807, 2.05) is 0 Å². The van der Waals surface area contributed by atoms with Gasteiger partial charge in [-0.15, -0.1) is 11.8 Å². The summed E-state index contributed by atoms with van der Waals surface area (Å²) in [7, 11) is 0. The van der Waals surface area contributed by atoms with E-state index < -0.39 is 34.8 Å². The van der Waals surface area contributed by atoms with Crippen LogP contribution in [0.1, 0.15) is 23.6 Å². The first kappa shape index (κ1) is 20.7. The molecule has 3 amide bonds. The maximum atomic E-state index is 13.4. The predicted molar refractivity (Wildman–Crippen MR) is 103 cm³/mol. The Morgan fingerprint density at radius 1 is 1.14 bits per heavy atom. The molecule has 0 aromatic heterocycles. The van der Waals surface area contributed by atoms with E-state index in [1.165, 1.54) is 28.8 Å². The minimum atomic E-state index is -4.80. The number of thioether (sulfide) groups is 1. The molecule has 0 radical (unpaired) electrons. The molecular formula is C20H16F3N3O2S. The Bertz CT molecular complexity index is 1000. The van der Waals surface area contributed by atoms with Crippen LogP contribution < -0.4 is 4.90 Å². The molecule has 0 saturated carbocycles. The van der Waals surface area contributed by atoms with Gasteiger partial charge in [0, 0.05) is 0 Å². The summed E-state index contributed by atoms with van der Waals surface area (Å²) in [5.74, 6) is -0.477. The fourth-order valence-corrected chi connectivity index (χ4v) is 3.95. The van der Waals surface area contributed by atoms with E-state index in [9.17, 15) is 22.8 Å². The van der Waals surface area contributed by atoms with Gasteiger partial charge in [0.2, 0.25) is 0 Å². The normalized spacial score (nSPS) is 19.6. The van der Waals surface area contributed by atoms with Gasteiger partial charge in [0.1, 0.15) is 5.54 Å². The Balaban J connectivity index is 2.16. The number of nitrogens with zero attached hydrogens (tertiary/aromatic N) is 3. The number of hydrogen-bond acceptors (Lipinski definition) is 4. The molecule has 1 heterocycles. The van der Waals surface area contributed by atoms with Crippen LogP contribution in [0.5, 0.6) is 0 Å². The topological polar surface area (TPSA) is 64.4 Å². The highest BCUT2D eigenvalue weighted by atomic mass is 32.2. The van der Waals surface area contributed by atoms with Crippen LogP contribution in [0.2, 0.25) is 0 Å². The lowest BCUT2D eigenvalue weighted by atomic mass is 9.90. The molecule has 9 heteroatoms. The molecule has 0 aliphatic carbocycles. The molecule has 0 bridgehead atoms. The number of alkyl halides is 3. The molecule has 1 saturated heterocycles. The van der Waals surface area contributed by atoms with Crippen molar-refractivity contribution in [2.24, 2.45) is 0 Å². The van der Waals surface area contributed by atoms with E-state index in [-0.39, 0.29) is 11.6 Å². The van der Waals surface area contributed by atoms with Gasteiger partial charge < -0.3 is 0 Å². The molecule has 1 fully saturated rings. The maximum absolute atomic E-state index is 13.4. The van der Waals surface area contributed by atoms with Gasteiger partial charge in [-0.3, -0.25) is 9.69 Å². The van der Waals surface area contributed by atoms with Crippen molar-refractivity contribution in [1.29, 1.82) is 5.26 Å². The highest BCUT2D eigenvalue weighted by Crippen LogP contribution is 2.42. The highest BCUT2D eigenvalue weighted by molar-refractivity contribution is 7.98. The van der Waals surface area contributed by atoms with Gasteiger partial charge in [0.05, 0.1) is 28.8 Å². The second-order valence-electron chi connectivity index (χ2n) is 6.55.